The van der Waals surface area contributed by atoms with Crippen LogP contribution in [0.5, 0.6) is 11.5 Å². The fourth-order valence-corrected chi connectivity index (χ4v) is 4.57. The number of pyridine rings is 1. The highest BCUT2D eigenvalue weighted by molar-refractivity contribution is 6.38. The van der Waals surface area contributed by atoms with Crippen LogP contribution in [0.25, 0.3) is 33.7 Å². The van der Waals surface area contributed by atoms with Gasteiger partial charge in [0, 0.05) is 30.9 Å². The van der Waals surface area contributed by atoms with E-state index < -0.39 is 0 Å². The number of hydrogen-bond donors (Lipinski definition) is 2. The quantitative estimate of drug-likeness (QED) is 0.317. The number of fused-ring (bicyclic) bond motifs is 1. The number of nitrogens with one attached hydrogen (secondary N) is 2. The predicted octanol–water partition coefficient (Wildman–Crippen LogP) is 4.93. The second kappa shape index (κ2) is 9.94. The highest BCUT2D eigenvalue weighted by atomic mass is 35.5. The monoisotopic (exact) mass is 516 g/mol. The third-order valence-electron chi connectivity index (χ3n) is 6.16. The standard InChI is InChI=1S/C27H25ClN6O3/c1-15-23-24(28)20(13-30-26(23)34(2)33-15)27(35)31-12-16-5-7-17(8-6-16)25-29-14-21(32-25)19-11-18(36-3)9-10-22(19)37-4/h5-11,13-14H,12H2,1-4H3,(H,29,32)(H,31,35). The number of imidazole rings is 1. The van der Waals surface area contributed by atoms with Crippen LogP contribution in [-0.2, 0) is 13.6 Å². The number of carbonyl (C=O) groups is 1. The summed E-state index contributed by atoms with van der Waals surface area (Å²) in [5.41, 5.74) is 5.19. The van der Waals surface area contributed by atoms with E-state index in [1.165, 1.54) is 6.20 Å². The number of amides is 1. The highest BCUT2D eigenvalue weighted by Crippen LogP contribution is 2.33. The molecule has 0 saturated carbocycles. The minimum absolute atomic E-state index is 0.297. The van der Waals surface area contributed by atoms with Crippen molar-refractivity contribution in [3.05, 3.63) is 76.7 Å². The van der Waals surface area contributed by atoms with Crippen molar-refractivity contribution in [1.82, 2.24) is 30.0 Å². The molecule has 0 unspecified atom stereocenters. The Hall–Kier alpha value is -4.37. The van der Waals surface area contributed by atoms with E-state index in [0.717, 1.165) is 39.6 Å². The van der Waals surface area contributed by atoms with Crippen LogP contribution in [0.1, 0.15) is 21.6 Å². The van der Waals surface area contributed by atoms with Crippen molar-refractivity contribution in [2.45, 2.75) is 13.5 Å². The number of benzene rings is 2. The molecular formula is C27H25ClN6O3. The second-order valence-electron chi connectivity index (χ2n) is 8.48. The van der Waals surface area contributed by atoms with Gasteiger partial charge in [0.05, 0.1) is 47.8 Å². The van der Waals surface area contributed by atoms with Gasteiger partial charge in [0.1, 0.15) is 17.3 Å². The molecule has 3 aromatic heterocycles. The maximum atomic E-state index is 12.8. The van der Waals surface area contributed by atoms with E-state index >= 15 is 0 Å². The summed E-state index contributed by atoms with van der Waals surface area (Å²) in [6, 6.07) is 13.4. The van der Waals surface area contributed by atoms with Crippen molar-refractivity contribution in [1.29, 1.82) is 0 Å². The van der Waals surface area contributed by atoms with Gasteiger partial charge in [-0.25, -0.2) is 9.97 Å². The average molecular weight is 517 g/mol. The van der Waals surface area contributed by atoms with Gasteiger partial charge in [0.2, 0.25) is 0 Å². The second-order valence-corrected chi connectivity index (χ2v) is 8.86. The Labute approximate surface area is 218 Å². The van der Waals surface area contributed by atoms with E-state index in [1.54, 1.807) is 32.1 Å². The first-order valence-electron chi connectivity index (χ1n) is 11.5. The van der Waals surface area contributed by atoms with Crippen LogP contribution >= 0.6 is 11.6 Å². The number of hydrogen-bond acceptors (Lipinski definition) is 6. The van der Waals surface area contributed by atoms with Gasteiger partial charge in [-0.2, -0.15) is 5.10 Å². The van der Waals surface area contributed by atoms with Gasteiger partial charge in [0.15, 0.2) is 5.65 Å². The van der Waals surface area contributed by atoms with Crippen LogP contribution in [0.4, 0.5) is 0 Å². The fraction of sp³-hybridized carbons (Fsp3) is 0.185. The van der Waals surface area contributed by atoms with Crippen LogP contribution in [0.15, 0.2) is 54.9 Å². The molecule has 0 fully saturated rings. The maximum Gasteiger partial charge on any atom is 0.254 e. The molecule has 0 bridgehead atoms. The Morgan fingerprint density at radius 3 is 2.59 bits per heavy atom. The molecule has 0 aliphatic heterocycles. The molecule has 2 aromatic carbocycles. The van der Waals surface area contributed by atoms with Crippen LogP contribution in [-0.4, -0.2) is 44.9 Å². The van der Waals surface area contributed by atoms with Gasteiger partial charge in [-0.3, -0.25) is 9.48 Å². The van der Waals surface area contributed by atoms with Crippen molar-refractivity contribution in [3.8, 4) is 34.1 Å². The average Bonchev–Trinajstić information content (AvgIpc) is 3.52. The molecular weight excluding hydrogens is 492 g/mol. The van der Waals surface area contributed by atoms with Crippen LogP contribution in [0.3, 0.4) is 0 Å². The molecule has 0 atom stereocenters. The number of carbonyl (C=O) groups excluding carboxylic acids is 1. The summed E-state index contributed by atoms with van der Waals surface area (Å²) in [5, 5.41) is 8.28. The highest BCUT2D eigenvalue weighted by Gasteiger charge is 2.18. The molecule has 5 aromatic rings. The van der Waals surface area contributed by atoms with Crippen molar-refractivity contribution >= 4 is 28.5 Å². The maximum absolute atomic E-state index is 12.8. The molecule has 0 aliphatic rings. The molecule has 0 radical (unpaired) electrons. The summed E-state index contributed by atoms with van der Waals surface area (Å²) in [7, 11) is 5.05. The number of methoxy groups -OCH3 is 2. The lowest BCUT2D eigenvalue weighted by Crippen LogP contribution is -2.23. The molecule has 37 heavy (non-hydrogen) atoms. The minimum atomic E-state index is -0.297. The van der Waals surface area contributed by atoms with E-state index in [1.807, 2.05) is 49.4 Å². The van der Waals surface area contributed by atoms with E-state index in [0.29, 0.717) is 34.0 Å². The summed E-state index contributed by atoms with van der Waals surface area (Å²) >= 11 is 6.53. The van der Waals surface area contributed by atoms with Gasteiger partial charge >= 0.3 is 0 Å². The summed E-state index contributed by atoms with van der Waals surface area (Å²) in [4.78, 5) is 25.1. The zero-order valence-corrected chi connectivity index (χ0v) is 21.6. The van der Waals surface area contributed by atoms with E-state index in [4.69, 9.17) is 21.1 Å². The molecule has 3 heterocycles. The number of nitrogens with zero attached hydrogens (tertiary/aromatic N) is 4. The zero-order valence-electron chi connectivity index (χ0n) is 20.8. The number of aromatic amines is 1. The molecule has 0 spiro atoms. The SMILES string of the molecule is COc1ccc(OC)c(-c2cnc(-c3ccc(CNC(=O)c4cnc5c(c(C)nn5C)c4Cl)cc3)[nH]2)c1. The van der Waals surface area contributed by atoms with Gasteiger partial charge in [-0.05, 0) is 30.7 Å². The molecule has 10 heteroatoms. The Balaban J connectivity index is 1.29. The van der Waals surface area contributed by atoms with Crippen LogP contribution < -0.4 is 14.8 Å². The number of halogens is 1. The lowest BCUT2D eigenvalue weighted by molar-refractivity contribution is 0.0951. The predicted molar refractivity (Wildman–Crippen MR) is 142 cm³/mol. The van der Waals surface area contributed by atoms with Gasteiger partial charge in [-0.1, -0.05) is 35.9 Å². The summed E-state index contributed by atoms with van der Waals surface area (Å²) in [5.74, 6) is 1.87. The Bertz CT molecular complexity index is 1610. The fourth-order valence-electron chi connectivity index (χ4n) is 4.21. The molecule has 9 nitrogen and oxygen atoms in total. The van der Waals surface area contributed by atoms with Crippen LogP contribution in [0, 0.1) is 6.92 Å². The smallest absolute Gasteiger partial charge is 0.254 e. The topological polar surface area (TPSA) is 107 Å². The lowest BCUT2D eigenvalue weighted by atomic mass is 10.1. The minimum Gasteiger partial charge on any atom is -0.497 e. The third kappa shape index (κ3) is 4.61. The van der Waals surface area contributed by atoms with Gasteiger partial charge in [0.25, 0.3) is 5.91 Å². The molecule has 1 amide bonds. The summed E-state index contributed by atoms with van der Waals surface area (Å²) < 4.78 is 12.5. The van der Waals surface area contributed by atoms with Gasteiger partial charge < -0.3 is 19.8 Å². The van der Waals surface area contributed by atoms with E-state index in [9.17, 15) is 4.79 Å². The van der Waals surface area contributed by atoms with E-state index in [-0.39, 0.29) is 5.91 Å². The first-order valence-corrected chi connectivity index (χ1v) is 11.9. The number of H-pyrrole nitrogens is 1. The van der Waals surface area contributed by atoms with Crippen molar-refractivity contribution < 1.29 is 14.3 Å². The largest absolute Gasteiger partial charge is 0.497 e. The number of ether oxygens (including phenoxy) is 2. The number of aryl methyl sites for hydroxylation is 2. The first-order chi connectivity index (χ1) is 17.9. The molecule has 5 rings (SSSR count). The number of aromatic nitrogens is 5. The Morgan fingerprint density at radius 2 is 1.86 bits per heavy atom. The molecule has 2 N–H and O–H groups in total. The van der Waals surface area contributed by atoms with Crippen LogP contribution in [0.2, 0.25) is 5.02 Å². The van der Waals surface area contributed by atoms with E-state index in [2.05, 4.69) is 25.4 Å². The third-order valence-corrected chi connectivity index (χ3v) is 6.55. The normalized spacial score (nSPS) is 11.1. The first kappa shape index (κ1) is 24.3. The zero-order chi connectivity index (χ0) is 26.1. The van der Waals surface area contributed by atoms with Crippen molar-refractivity contribution in [2.75, 3.05) is 14.2 Å². The number of rotatable bonds is 7. The lowest BCUT2D eigenvalue weighted by Gasteiger charge is -2.09. The Kier molecular flexibility index (Phi) is 6.54. The summed E-state index contributed by atoms with van der Waals surface area (Å²) in [6.07, 6.45) is 3.25. The van der Waals surface area contributed by atoms with Gasteiger partial charge in [-0.15, -0.1) is 0 Å². The molecule has 188 valence electrons. The molecule has 0 saturated heterocycles. The van der Waals surface area contributed by atoms with Crippen molar-refractivity contribution in [2.24, 2.45) is 7.05 Å². The summed E-state index contributed by atoms with van der Waals surface area (Å²) in [6.45, 7) is 2.18. The van der Waals surface area contributed by atoms with Crippen molar-refractivity contribution in [3.63, 3.8) is 0 Å². The Morgan fingerprint density at radius 1 is 1.08 bits per heavy atom. The molecule has 0 aliphatic carbocycles.